The second-order valence-electron chi connectivity index (χ2n) is 8.15. The van der Waals surface area contributed by atoms with Crippen molar-refractivity contribution in [2.45, 2.75) is 38.0 Å². The van der Waals surface area contributed by atoms with Gasteiger partial charge in [0.1, 0.15) is 11.2 Å². The van der Waals surface area contributed by atoms with Gasteiger partial charge in [-0.2, -0.15) is 5.10 Å². The highest BCUT2D eigenvalue weighted by molar-refractivity contribution is 5.73. The fraction of sp³-hybridized carbons (Fsp3) is 0.667. The minimum absolute atomic E-state index is 0.00734. The van der Waals surface area contributed by atoms with Gasteiger partial charge in [-0.25, -0.2) is 4.98 Å². The van der Waals surface area contributed by atoms with E-state index in [1.807, 2.05) is 0 Å². The Balaban J connectivity index is 1.36. The summed E-state index contributed by atoms with van der Waals surface area (Å²) >= 11 is 0. The van der Waals surface area contributed by atoms with Gasteiger partial charge >= 0.3 is 0 Å². The zero-order chi connectivity index (χ0) is 18.8. The van der Waals surface area contributed by atoms with Crippen LogP contribution in [0.4, 0.5) is 0 Å². The maximum absolute atomic E-state index is 12.3. The third-order valence-electron chi connectivity index (χ3n) is 6.47. The van der Waals surface area contributed by atoms with Gasteiger partial charge in [-0.3, -0.25) is 19.2 Å². The van der Waals surface area contributed by atoms with Crippen molar-refractivity contribution in [3.05, 3.63) is 22.4 Å². The lowest BCUT2D eigenvalue weighted by atomic mass is 9.73. The molecule has 3 saturated heterocycles. The van der Waals surface area contributed by atoms with Crippen molar-refractivity contribution in [1.82, 2.24) is 30.0 Å². The highest BCUT2D eigenvalue weighted by Crippen LogP contribution is 2.54. The molecule has 2 N–H and O–H groups in total. The first kappa shape index (κ1) is 16.9. The summed E-state index contributed by atoms with van der Waals surface area (Å²) in [6.07, 6.45) is 3.93. The van der Waals surface area contributed by atoms with Gasteiger partial charge in [0.2, 0.25) is 5.91 Å². The fourth-order valence-corrected chi connectivity index (χ4v) is 5.31. The van der Waals surface area contributed by atoms with Crippen LogP contribution in [-0.4, -0.2) is 61.9 Å². The first-order chi connectivity index (χ1) is 12.9. The summed E-state index contributed by atoms with van der Waals surface area (Å²) in [5.74, 6) is 1.43. The Morgan fingerprint density at radius 3 is 3.19 bits per heavy atom. The number of nitrogens with one attached hydrogen (secondary N) is 2. The molecule has 2 bridgehead atoms. The lowest BCUT2D eigenvalue weighted by Crippen LogP contribution is -2.41. The van der Waals surface area contributed by atoms with Crippen LogP contribution in [-0.2, 0) is 23.1 Å². The SMILES string of the molecule is CC(=O)NC[C@H]1[C@H]2CN(Cc3nc4c(cnn4C)c(=O)[nH]3)C[C@]23CC[C@H]1O3. The number of carbonyl (C=O) groups excluding carboxylic acids is 1. The number of H-pyrrole nitrogens is 1. The van der Waals surface area contributed by atoms with E-state index in [1.165, 1.54) is 0 Å². The summed E-state index contributed by atoms with van der Waals surface area (Å²) in [6.45, 7) is 4.55. The van der Waals surface area contributed by atoms with Crippen LogP contribution in [0, 0.1) is 11.8 Å². The number of amides is 1. The van der Waals surface area contributed by atoms with Crippen LogP contribution in [0.25, 0.3) is 11.0 Å². The van der Waals surface area contributed by atoms with Crippen molar-refractivity contribution in [2.24, 2.45) is 18.9 Å². The van der Waals surface area contributed by atoms with Crippen LogP contribution in [0.15, 0.2) is 11.0 Å². The predicted octanol–water partition coefficient (Wildman–Crippen LogP) is -0.228. The van der Waals surface area contributed by atoms with Crippen molar-refractivity contribution in [2.75, 3.05) is 19.6 Å². The third kappa shape index (κ3) is 2.60. The number of likely N-dealkylation sites (tertiary alicyclic amines) is 1. The first-order valence-corrected chi connectivity index (χ1v) is 9.51. The number of fused-ring (bicyclic) bond motifs is 2. The molecule has 0 saturated carbocycles. The molecular weight excluding hydrogens is 348 g/mol. The molecule has 0 aliphatic carbocycles. The average Bonchev–Trinajstić information content (AvgIpc) is 3.33. The molecule has 27 heavy (non-hydrogen) atoms. The van der Waals surface area contributed by atoms with E-state index in [0.717, 1.165) is 25.9 Å². The maximum atomic E-state index is 12.3. The topological polar surface area (TPSA) is 105 Å². The second-order valence-corrected chi connectivity index (χ2v) is 8.15. The van der Waals surface area contributed by atoms with Crippen LogP contribution in [0.1, 0.15) is 25.6 Å². The van der Waals surface area contributed by atoms with E-state index < -0.39 is 0 Å². The number of aromatic nitrogens is 4. The molecule has 4 atom stereocenters. The molecule has 3 aliphatic heterocycles. The Bertz CT molecular complexity index is 968. The van der Waals surface area contributed by atoms with E-state index in [4.69, 9.17) is 4.74 Å². The molecular formula is C18H24N6O3. The summed E-state index contributed by atoms with van der Waals surface area (Å²) in [4.78, 5) is 33.4. The van der Waals surface area contributed by atoms with Gasteiger partial charge in [-0.1, -0.05) is 0 Å². The lowest BCUT2D eigenvalue weighted by Gasteiger charge is -2.29. The number of aryl methyl sites for hydroxylation is 1. The van der Waals surface area contributed by atoms with Crippen molar-refractivity contribution >= 4 is 16.9 Å². The van der Waals surface area contributed by atoms with Gasteiger partial charge in [0, 0.05) is 45.4 Å². The normalized spacial score (nSPS) is 32.3. The van der Waals surface area contributed by atoms with E-state index in [2.05, 4.69) is 25.3 Å². The monoisotopic (exact) mass is 372 g/mol. The summed E-state index contributed by atoms with van der Waals surface area (Å²) in [5.41, 5.74) is 0.346. The zero-order valence-corrected chi connectivity index (χ0v) is 15.6. The summed E-state index contributed by atoms with van der Waals surface area (Å²) in [5, 5.41) is 7.60. The van der Waals surface area contributed by atoms with Crippen LogP contribution in [0.3, 0.4) is 0 Å². The molecule has 0 aromatic carbocycles. The highest BCUT2D eigenvalue weighted by Gasteiger charge is 2.62. The lowest BCUT2D eigenvalue weighted by molar-refractivity contribution is -0.119. The maximum Gasteiger partial charge on any atom is 0.262 e. The van der Waals surface area contributed by atoms with E-state index in [0.29, 0.717) is 41.8 Å². The van der Waals surface area contributed by atoms with Crippen molar-refractivity contribution in [3.63, 3.8) is 0 Å². The van der Waals surface area contributed by atoms with Crippen LogP contribution >= 0.6 is 0 Å². The molecule has 9 nitrogen and oxygen atoms in total. The molecule has 2 aromatic heterocycles. The molecule has 3 aliphatic rings. The number of hydrogen-bond donors (Lipinski definition) is 2. The van der Waals surface area contributed by atoms with Crippen LogP contribution in [0.2, 0.25) is 0 Å². The van der Waals surface area contributed by atoms with Crippen LogP contribution < -0.4 is 10.9 Å². The Morgan fingerprint density at radius 2 is 2.37 bits per heavy atom. The van der Waals surface area contributed by atoms with Crippen molar-refractivity contribution < 1.29 is 9.53 Å². The first-order valence-electron chi connectivity index (χ1n) is 9.51. The predicted molar refractivity (Wildman–Crippen MR) is 96.9 cm³/mol. The third-order valence-corrected chi connectivity index (χ3v) is 6.47. The highest BCUT2D eigenvalue weighted by atomic mass is 16.5. The van der Waals surface area contributed by atoms with Crippen molar-refractivity contribution in [1.29, 1.82) is 0 Å². The molecule has 144 valence electrons. The number of hydrogen-bond acceptors (Lipinski definition) is 6. The fourth-order valence-electron chi connectivity index (χ4n) is 5.31. The second kappa shape index (κ2) is 5.87. The molecule has 5 rings (SSSR count). The zero-order valence-electron chi connectivity index (χ0n) is 15.6. The number of aromatic amines is 1. The number of nitrogens with zero attached hydrogens (tertiary/aromatic N) is 4. The Hall–Kier alpha value is -2.26. The summed E-state index contributed by atoms with van der Waals surface area (Å²) in [7, 11) is 1.79. The summed E-state index contributed by atoms with van der Waals surface area (Å²) in [6, 6.07) is 0. The number of rotatable bonds is 4. The van der Waals surface area contributed by atoms with Gasteiger partial charge in [0.05, 0.1) is 24.4 Å². The number of carbonyl (C=O) groups is 1. The van der Waals surface area contributed by atoms with E-state index in [1.54, 1.807) is 24.9 Å². The average molecular weight is 372 g/mol. The largest absolute Gasteiger partial charge is 0.370 e. The summed E-state index contributed by atoms with van der Waals surface area (Å²) < 4.78 is 8.02. The molecule has 3 fully saturated rings. The quantitative estimate of drug-likeness (QED) is 0.768. The Morgan fingerprint density at radius 1 is 1.52 bits per heavy atom. The Kier molecular flexibility index (Phi) is 3.67. The molecule has 5 heterocycles. The van der Waals surface area contributed by atoms with Gasteiger partial charge in [0.25, 0.3) is 5.56 Å². The molecule has 1 amide bonds. The smallest absolute Gasteiger partial charge is 0.262 e. The number of ether oxygens (including phenoxy) is 1. The molecule has 9 heteroatoms. The Labute approximate surface area is 156 Å². The molecule has 0 radical (unpaired) electrons. The van der Waals surface area contributed by atoms with Gasteiger partial charge < -0.3 is 15.0 Å². The van der Waals surface area contributed by atoms with Gasteiger partial charge in [-0.05, 0) is 12.8 Å². The standard InChI is InChI=1S/C18H24N6O3/c1-10(25)19-5-11-13-7-24(9-18(13)4-3-14(11)27-18)8-15-21-16-12(17(26)22-15)6-20-23(16)2/h6,11,13-14H,3-5,7-9H2,1-2H3,(H,19,25)(H,21,22,26)/t11-,13+,14+,18+/m0/s1. The van der Waals surface area contributed by atoms with E-state index in [-0.39, 0.29) is 23.2 Å². The molecule has 2 aromatic rings. The minimum atomic E-state index is -0.152. The van der Waals surface area contributed by atoms with Crippen molar-refractivity contribution in [3.8, 4) is 0 Å². The molecule has 1 spiro atoms. The minimum Gasteiger partial charge on any atom is -0.370 e. The van der Waals surface area contributed by atoms with Gasteiger partial charge in [-0.15, -0.1) is 0 Å². The molecule has 0 unspecified atom stereocenters. The van der Waals surface area contributed by atoms with Crippen LogP contribution in [0.5, 0.6) is 0 Å². The van der Waals surface area contributed by atoms with Gasteiger partial charge in [0.15, 0.2) is 5.65 Å². The van der Waals surface area contributed by atoms with E-state index in [9.17, 15) is 9.59 Å². The van der Waals surface area contributed by atoms with E-state index >= 15 is 0 Å².